The van der Waals surface area contributed by atoms with Gasteiger partial charge in [-0.05, 0) is 59.4 Å². The van der Waals surface area contributed by atoms with Crippen LogP contribution in [-0.4, -0.2) is 41.5 Å². The summed E-state index contributed by atoms with van der Waals surface area (Å²) in [5, 5.41) is 2.76. The average molecular weight is 431 g/mol. The first-order chi connectivity index (χ1) is 13.0. The van der Waals surface area contributed by atoms with E-state index in [4.69, 9.17) is 9.15 Å². The molecule has 1 amide bonds. The van der Waals surface area contributed by atoms with Crippen molar-refractivity contribution in [2.75, 3.05) is 26.0 Å². The molecule has 0 unspecified atom stereocenters. The standard InChI is InChI=1S/C19H19BrN4O3/c1-24(11-18(25)23-17-8-5-14(20)9-21-17)10-15-12-27-19(22-15)13-3-6-16(26-2)7-4-13/h3-9,12H,10-11H2,1-2H3,(H,21,23,25). The number of amides is 1. The number of nitrogens with zero attached hydrogens (tertiary/aromatic N) is 3. The van der Waals surface area contributed by atoms with E-state index in [0.717, 1.165) is 21.5 Å². The van der Waals surface area contributed by atoms with E-state index < -0.39 is 0 Å². The number of rotatable bonds is 7. The van der Waals surface area contributed by atoms with Crippen LogP contribution in [0.4, 0.5) is 5.82 Å². The van der Waals surface area contributed by atoms with E-state index in [-0.39, 0.29) is 12.5 Å². The van der Waals surface area contributed by atoms with Crippen LogP contribution in [-0.2, 0) is 11.3 Å². The first-order valence-electron chi connectivity index (χ1n) is 8.22. The van der Waals surface area contributed by atoms with Crippen LogP contribution in [0.1, 0.15) is 5.69 Å². The molecule has 0 saturated carbocycles. The Hall–Kier alpha value is -2.71. The number of carbonyl (C=O) groups is 1. The van der Waals surface area contributed by atoms with Crippen LogP contribution >= 0.6 is 15.9 Å². The van der Waals surface area contributed by atoms with Crippen LogP contribution in [0.15, 0.2) is 57.7 Å². The monoisotopic (exact) mass is 430 g/mol. The molecule has 8 heteroatoms. The summed E-state index contributed by atoms with van der Waals surface area (Å²) in [6, 6.07) is 11.0. The average Bonchev–Trinajstić information content (AvgIpc) is 3.12. The van der Waals surface area contributed by atoms with Crippen molar-refractivity contribution in [3.63, 3.8) is 0 Å². The molecule has 140 valence electrons. The molecule has 2 heterocycles. The van der Waals surface area contributed by atoms with Crippen LogP contribution in [0.2, 0.25) is 0 Å². The van der Waals surface area contributed by atoms with Crippen molar-refractivity contribution in [1.29, 1.82) is 0 Å². The zero-order valence-electron chi connectivity index (χ0n) is 15.0. The maximum Gasteiger partial charge on any atom is 0.239 e. The summed E-state index contributed by atoms with van der Waals surface area (Å²) in [6.45, 7) is 0.698. The molecule has 0 saturated heterocycles. The van der Waals surface area contributed by atoms with Gasteiger partial charge in [-0.3, -0.25) is 9.69 Å². The van der Waals surface area contributed by atoms with Gasteiger partial charge in [-0.25, -0.2) is 9.97 Å². The molecular weight excluding hydrogens is 412 g/mol. The van der Waals surface area contributed by atoms with Gasteiger partial charge in [-0.1, -0.05) is 0 Å². The van der Waals surface area contributed by atoms with Crippen LogP contribution in [0.3, 0.4) is 0 Å². The highest BCUT2D eigenvalue weighted by Crippen LogP contribution is 2.22. The number of likely N-dealkylation sites (N-methyl/N-ethyl adjacent to an activating group) is 1. The highest BCUT2D eigenvalue weighted by atomic mass is 79.9. The molecule has 0 bridgehead atoms. The normalized spacial score (nSPS) is 10.8. The van der Waals surface area contributed by atoms with Gasteiger partial charge in [0.25, 0.3) is 0 Å². The van der Waals surface area contributed by atoms with E-state index in [0.29, 0.717) is 18.3 Å². The number of aromatic nitrogens is 2. The SMILES string of the molecule is COc1ccc(-c2nc(CN(C)CC(=O)Nc3ccc(Br)cn3)co2)cc1. The van der Waals surface area contributed by atoms with E-state index in [1.54, 1.807) is 25.6 Å². The maximum atomic E-state index is 12.1. The van der Waals surface area contributed by atoms with Gasteiger partial charge in [0, 0.05) is 22.8 Å². The predicted molar refractivity (Wildman–Crippen MR) is 105 cm³/mol. The topological polar surface area (TPSA) is 80.5 Å². The van der Waals surface area contributed by atoms with Crippen LogP contribution in [0, 0.1) is 0 Å². The highest BCUT2D eigenvalue weighted by molar-refractivity contribution is 9.10. The molecule has 3 aromatic rings. The summed E-state index contributed by atoms with van der Waals surface area (Å²) in [6.07, 6.45) is 3.24. The molecule has 0 aliphatic rings. The molecule has 0 aliphatic carbocycles. The molecule has 0 radical (unpaired) electrons. The van der Waals surface area contributed by atoms with Crippen molar-refractivity contribution in [1.82, 2.24) is 14.9 Å². The minimum absolute atomic E-state index is 0.147. The molecule has 3 rings (SSSR count). The lowest BCUT2D eigenvalue weighted by atomic mass is 10.2. The van der Waals surface area contributed by atoms with E-state index >= 15 is 0 Å². The van der Waals surface area contributed by atoms with E-state index in [1.165, 1.54) is 0 Å². The number of nitrogens with one attached hydrogen (secondary N) is 1. The highest BCUT2D eigenvalue weighted by Gasteiger charge is 2.12. The Balaban J connectivity index is 1.54. The fourth-order valence-electron chi connectivity index (χ4n) is 2.46. The second-order valence-corrected chi connectivity index (χ2v) is 6.87. The van der Waals surface area contributed by atoms with Gasteiger partial charge >= 0.3 is 0 Å². The molecular formula is C19H19BrN4O3. The minimum atomic E-state index is -0.147. The summed E-state index contributed by atoms with van der Waals surface area (Å²) >= 11 is 3.31. The van der Waals surface area contributed by atoms with E-state index in [1.807, 2.05) is 42.3 Å². The second kappa shape index (κ2) is 8.79. The Labute approximate surface area is 165 Å². The van der Waals surface area contributed by atoms with E-state index in [2.05, 4.69) is 31.2 Å². The summed E-state index contributed by atoms with van der Waals surface area (Å²) in [5.41, 5.74) is 1.61. The third kappa shape index (κ3) is 5.38. The Kier molecular flexibility index (Phi) is 6.20. The summed E-state index contributed by atoms with van der Waals surface area (Å²) < 4.78 is 11.5. The Morgan fingerprint density at radius 1 is 1.26 bits per heavy atom. The van der Waals surface area contributed by atoms with Crippen LogP contribution in [0.25, 0.3) is 11.5 Å². The van der Waals surface area contributed by atoms with E-state index in [9.17, 15) is 4.79 Å². The van der Waals surface area contributed by atoms with Crippen molar-refractivity contribution in [2.45, 2.75) is 6.54 Å². The van der Waals surface area contributed by atoms with Crippen LogP contribution in [0.5, 0.6) is 5.75 Å². The Morgan fingerprint density at radius 3 is 2.70 bits per heavy atom. The number of anilines is 1. The van der Waals surface area contributed by atoms with Crippen molar-refractivity contribution in [3.05, 3.63) is 59.0 Å². The molecule has 0 spiro atoms. The van der Waals surface area contributed by atoms with Gasteiger partial charge in [-0.2, -0.15) is 0 Å². The van der Waals surface area contributed by atoms with Gasteiger partial charge < -0.3 is 14.5 Å². The van der Waals surface area contributed by atoms with Gasteiger partial charge in [0.15, 0.2) is 0 Å². The molecule has 1 aromatic carbocycles. The van der Waals surface area contributed by atoms with Crippen molar-refractivity contribution < 1.29 is 13.9 Å². The Morgan fingerprint density at radius 2 is 2.04 bits per heavy atom. The minimum Gasteiger partial charge on any atom is -0.497 e. The molecule has 0 atom stereocenters. The third-order valence-electron chi connectivity index (χ3n) is 3.73. The number of methoxy groups -OCH3 is 1. The third-order valence-corrected chi connectivity index (χ3v) is 4.20. The fraction of sp³-hybridized carbons (Fsp3) is 0.211. The first-order valence-corrected chi connectivity index (χ1v) is 9.01. The van der Waals surface area contributed by atoms with Gasteiger partial charge in [0.1, 0.15) is 17.8 Å². The Bertz CT molecular complexity index is 894. The fourth-order valence-corrected chi connectivity index (χ4v) is 2.69. The quantitative estimate of drug-likeness (QED) is 0.616. The van der Waals surface area contributed by atoms with Crippen LogP contribution < -0.4 is 10.1 Å². The zero-order valence-corrected chi connectivity index (χ0v) is 16.6. The lowest BCUT2D eigenvalue weighted by Crippen LogP contribution is -2.30. The number of pyridine rings is 1. The van der Waals surface area contributed by atoms with Crippen molar-refractivity contribution >= 4 is 27.7 Å². The number of ether oxygens (including phenoxy) is 1. The predicted octanol–water partition coefficient (Wildman–Crippen LogP) is 3.58. The lowest BCUT2D eigenvalue weighted by Gasteiger charge is -2.14. The molecule has 0 aliphatic heterocycles. The molecule has 0 fully saturated rings. The number of carbonyl (C=O) groups excluding carboxylic acids is 1. The molecule has 1 N–H and O–H groups in total. The zero-order chi connectivity index (χ0) is 19.2. The van der Waals surface area contributed by atoms with Gasteiger partial charge in [-0.15, -0.1) is 0 Å². The smallest absolute Gasteiger partial charge is 0.239 e. The lowest BCUT2D eigenvalue weighted by molar-refractivity contribution is -0.117. The molecule has 27 heavy (non-hydrogen) atoms. The largest absolute Gasteiger partial charge is 0.497 e. The number of hydrogen-bond donors (Lipinski definition) is 1. The first kappa shape index (κ1) is 19.1. The number of halogens is 1. The summed E-state index contributed by atoms with van der Waals surface area (Å²) in [7, 11) is 3.47. The number of benzene rings is 1. The van der Waals surface area contributed by atoms with Gasteiger partial charge in [0.05, 0.1) is 19.3 Å². The molecule has 2 aromatic heterocycles. The van der Waals surface area contributed by atoms with Crippen molar-refractivity contribution in [2.24, 2.45) is 0 Å². The molecule has 7 nitrogen and oxygen atoms in total. The van der Waals surface area contributed by atoms with Gasteiger partial charge in [0.2, 0.25) is 11.8 Å². The number of hydrogen-bond acceptors (Lipinski definition) is 6. The summed E-state index contributed by atoms with van der Waals surface area (Å²) in [4.78, 5) is 22.6. The second-order valence-electron chi connectivity index (χ2n) is 5.95. The summed E-state index contributed by atoms with van der Waals surface area (Å²) in [5.74, 6) is 1.67. The maximum absolute atomic E-state index is 12.1. The van der Waals surface area contributed by atoms with Crippen molar-refractivity contribution in [3.8, 4) is 17.2 Å². The number of oxazole rings is 1.